The summed E-state index contributed by atoms with van der Waals surface area (Å²) in [6.07, 6.45) is 0. The predicted octanol–water partition coefficient (Wildman–Crippen LogP) is 17.8. The molecule has 11 rings (SSSR count). The van der Waals surface area contributed by atoms with Gasteiger partial charge in [0.2, 0.25) is 0 Å². The molecule has 67 heavy (non-hydrogen) atoms. The van der Waals surface area contributed by atoms with Crippen LogP contribution in [0.3, 0.4) is 0 Å². The first-order valence-corrected chi connectivity index (χ1v) is 24.0. The van der Waals surface area contributed by atoms with Crippen molar-refractivity contribution in [3.63, 3.8) is 0 Å². The van der Waals surface area contributed by atoms with E-state index in [1.807, 2.05) is 0 Å². The third-order valence-electron chi connectivity index (χ3n) is 14.9. The Balaban J connectivity index is 1.12. The third kappa shape index (κ3) is 6.90. The highest BCUT2D eigenvalue weighted by Gasteiger charge is 2.48. The molecule has 0 saturated carbocycles. The van der Waals surface area contributed by atoms with E-state index in [2.05, 4.69) is 273 Å². The first kappa shape index (κ1) is 42.4. The molecule has 2 aliphatic carbocycles. The third-order valence-corrected chi connectivity index (χ3v) is 14.9. The molecule has 9 aromatic carbocycles. The molecule has 0 saturated heterocycles. The Labute approximate surface area is 398 Å². The zero-order valence-electron chi connectivity index (χ0n) is 40.2. The van der Waals surface area contributed by atoms with Crippen LogP contribution in [-0.2, 0) is 21.7 Å². The summed E-state index contributed by atoms with van der Waals surface area (Å²) in [6.45, 7) is 18.8. The van der Waals surface area contributed by atoms with Gasteiger partial charge in [0.1, 0.15) is 0 Å². The number of anilines is 3. The average Bonchev–Trinajstić information content (AvgIpc) is 3.77. The number of hydrogen-bond acceptors (Lipinski definition) is 1. The second-order valence-corrected chi connectivity index (χ2v) is 21.4. The molecule has 0 atom stereocenters. The minimum absolute atomic E-state index is 0.0234. The van der Waals surface area contributed by atoms with Crippen molar-refractivity contribution in [3.8, 4) is 44.5 Å². The number of hydrogen-bond donors (Lipinski definition) is 0. The highest BCUT2D eigenvalue weighted by Crippen LogP contribution is 2.60. The molecule has 0 radical (unpaired) electrons. The molecule has 2 aliphatic rings. The highest BCUT2D eigenvalue weighted by molar-refractivity contribution is 5.97. The summed E-state index contributed by atoms with van der Waals surface area (Å²) in [5.74, 6) is 0. The molecule has 0 spiro atoms. The van der Waals surface area contributed by atoms with Gasteiger partial charge in [-0.3, -0.25) is 0 Å². The molecule has 9 aromatic rings. The van der Waals surface area contributed by atoms with Gasteiger partial charge in [-0.1, -0.05) is 225 Å². The van der Waals surface area contributed by atoms with Crippen LogP contribution in [0.2, 0.25) is 0 Å². The summed E-state index contributed by atoms with van der Waals surface area (Å²) >= 11 is 0. The zero-order valence-corrected chi connectivity index (χ0v) is 40.2. The van der Waals surface area contributed by atoms with Gasteiger partial charge in [-0.05, 0) is 142 Å². The molecular weight excluding hydrogens is 807 g/mol. The standard InChI is InChI=1S/C66H59N/c1-63(2,3)49-32-38-56-60(41-49)66(47-22-14-10-15-23-47,48-24-16-11-17-25-48)61-42-50(64(4,5)6)40-57(62(56)61)46-30-35-52(36-31-46)67(51-33-28-45(29-34-51)44-20-12-9-13-21-44)53-37-39-55-54-26-18-19-27-58(54)65(7,8)59(55)43-53/h9-43H,1-8H3. The second-order valence-electron chi connectivity index (χ2n) is 21.4. The van der Waals surface area contributed by atoms with Gasteiger partial charge in [0, 0.05) is 22.5 Å². The van der Waals surface area contributed by atoms with Gasteiger partial charge in [0.15, 0.2) is 0 Å². The molecular formula is C66H59N. The molecule has 0 unspecified atom stereocenters. The number of fused-ring (bicyclic) bond motifs is 6. The molecule has 0 bridgehead atoms. The van der Waals surface area contributed by atoms with Gasteiger partial charge in [0.25, 0.3) is 0 Å². The van der Waals surface area contributed by atoms with E-state index in [0.717, 1.165) is 17.1 Å². The van der Waals surface area contributed by atoms with Crippen LogP contribution < -0.4 is 4.90 Å². The molecule has 0 aliphatic heterocycles. The highest BCUT2D eigenvalue weighted by atomic mass is 15.1. The molecule has 0 aromatic heterocycles. The number of rotatable bonds is 7. The molecule has 328 valence electrons. The van der Waals surface area contributed by atoms with Gasteiger partial charge in [-0.15, -0.1) is 0 Å². The molecule has 0 heterocycles. The summed E-state index contributed by atoms with van der Waals surface area (Å²) in [5.41, 5.74) is 23.5. The lowest BCUT2D eigenvalue weighted by Crippen LogP contribution is -2.29. The normalized spacial score (nSPS) is 14.2. The fraction of sp³-hybridized carbons (Fsp3) is 0.182. The van der Waals surface area contributed by atoms with Crippen LogP contribution >= 0.6 is 0 Å². The van der Waals surface area contributed by atoms with E-state index >= 15 is 0 Å². The summed E-state index contributed by atoms with van der Waals surface area (Å²) in [5, 5.41) is 0. The lowest BCUT2D eigenvalue weighted by atomic mass is 9.66. The van der Waals surface area contributed by atoms with E-state index in [9.17, 15) is 0 Å². The van der Waals surface area contributed by atoms with Crippen molar-refractivity contribution in [2.24, 2.45) is 0 Å². The van der Waals surface area contributed by atoms with E-state index in [1.165, 1.54) is 89.0 Å². The van der Waals surface area contributed by atoms with E-state index in [0.29, 0.717) is 0 Å². The zero-order chi connectivity index (χ0) is 46.3. The van der Waals surface area contributed by atoms with Crippen molar-refractivity contribution < 1.29 is 0 Å². The summed E-state index contributed by atoms with van der Waals surface area (Å²) in [6, 6.07) is 80.0. The number of benzene rings is 9. The lowest BCUT2D eigenvalue weighted by Gasteiger charge is -2.35. The van der Waals surface area contributed by atoms with Crippen molar-refractivity contribution in [2.75, 3.05) is 4.90 Å². The first-order chi connectivity index (χ1) is 32.2. The van der Waals surface area contributed by atoms with Crippen molar-refractivity contribution >= 4 is 17.1 Å². The van der Waals surface area contributed by atoms with Crippen LogP contribution in [0.4, 0.5) is 17.1 Å². The van der Waals surface area contributed by atoms with Crippen LogP contribution in [-0.4, -0.2) is 0 Å². The van der Waals surface area contributed by atoms with Crippen LogP contribution in [0.1, 0.15) is 99.9 Å². The fourth-order valence-corrected chi connectivity index (χ4v) is 11.2. The Kier molecular flexibility index (Phi) is 9.94. The topological polar surface area (TPSA) is 3.24 Å². The maximum absolute atomic E-state index is 2.54. The first-order valence-electron chi connectivity index (χ1n) is 24.0. The van der Waals surface area contributed by atoms with Crippen molar-refractivity contribution in [1.29, 1.82) is 0 Å². The van der Waals surface area contributed by atoms with Gasteiger partial charge < -0.3 is 4.90 Å². The maximum Gasteiger partial charge on any atom is 0.0713 e. The summed E-state index contributed by atoms with van der Waals surface area (Å²) < 4.78 is 0. The fourth-order valence-electron chi connectivity index (χ4n) is 11.2. The van der Waals surface area contributed by atoms with E-state index in [-0.39, 0.29) is 16.2 Å². The lowest BCUT2D eigenvalue weighted by molar-refractivity contribution is 0.586. The molecule has 1 heteroatoms. The quantitative estimate of drug-likeness (QED) is 0.154. The Hall–Kier alpha value is -7.22. The minimum atomic E-state index is -0.520. The van der Waals surface area contributed by atoms with Crippen molar-refractivity contribution in [3.05, 3.63) is 257 Å². The van der Waals surface area contributed by atoms with E-state index in [1.54, 1.807) is 0 Å². The van der Waals surface area contributed by atoms with Crippen LogP contribution in [0.15, 0.2) is 212 Å². The average molecular weight is 866 g/mol. The predicted molar refractivity (Wildman–Crippen MR) is 284 cm³/mol. The molecule has 0 N–H and O–H groups in total. The molecule has 1 nitrogen and oxygen atoms in total. The van der Waals surface area contributed by atoms with Gasteiger partial charge in [0.05, 0.1) is 5.41 Å². The Morgan fingerprint density at radius 1 is 0.328 bits per heavy atom. The van der Waals surface area contributed by atoms with Crippen molar-refractivity contribution in [1.82, 2.24) is 0 Å². The van der Waals surface area contributed by atoms with E-state index < -0.39 is 5.41 Å². The SMILES string of the molecule is CC(C)(C)c1ccc2c(c1)C(c1ccccc1)(c1ccccc1)c1cc(C(C)(C)C)cc(-c3ccc(N(c4ccc(-c5ccccc5)cc4)c4ccc5c(c4)C(C)(C)c4ccccc4-5)cc3)c1-2. The van der Waals surface area contributed by atoms with Gasteiger partial charge in [-0.2, -0.15) is 0 Å². The van der Waals surface area contributed by atoms with Crippen molar-refractivity contribution in [2.45, 2.75) is 77.0 Å². The summed E-state index contributed by atoms with van der Waals surface area (Å²) in [4.78, 5) is 2.44. The Morgan fingerprint density at radius 2 is 0.806 bits per heavy atom. The monoisotopic (exact) mass is 865 g/mol. The Morgan fingerprint density at radius 3 is 1.40 bits per heavy atom. The van der Waals surface area contributed by atoms with Gasteiger partial charge >= 0.3 is 0 Å². The van der Waals surface area contributed by atoms with Crippen LogP contribution in [0.25, 0.3) is 44.5 Å². The second kappa shape index (κ2) is 15.7. The summed E-state index contributed by atoms with van der Waals surface area (Å²) in [7, 11) is 0. The maximum atomic E-state index is 2.54. The largest absolute Gasteiger partial charge is 0.310 e. The minimum Gasteiger partial charge on any atom is -0.310 e. The number of nitrogens with zero attached hydrogens (tertiary/aromatic N) is 1. The van der Waals surface area contributed by atoms with E-state index in [4.69, 9.17) is 0 Å². The molecule has 0 amide bonds. The van der Waals surface area contributed by atoms with Gasteiger partial charge in [-0.25, -0.2) is 0 Å². The van der Waals surface area contributed by atoms with Crippen LogP contribution in [0, 0.1) is 0 Å². The smallest absolute Gasteiger partial charge is 0.0713 e. The molecule has 0 fully saturated rings. The Bertz CT molecular complexity index is 3250. The van der Waals surface area contributed by atoms with Crippen LogP contribution in [0.5, 0.6) is 0 Å².